The van der Waals surface area contributed by atoms with Gasteiger partial charge in [-0.25, -0.2) is 4.98 Å². The molecule has 2 fully saturated rings. The maximum atomic E-state index is 12.6. The van der Waals surface area contributed by atoms with Crippen LogP contribution in [-0.2, 0) is 17.8 Å². The topological polar surface area (TPSA) is 73.9 Å². The Labute approximate surface area is 177 Å². The smallest absolute Gasteiger partial charge is 0.223 e. The predicted octanol–water partition coefficient (Wildman–Crippen LogP) is 3.31. The Morgan fingerprint density at radius 1 is 1.17 bits per heavy atom. The minimum Gasteiger partial charge on any atom is -0.356 e. The van der Waals surface area contributed by atoms with Gasteiger partial charge in [-0.1, -0.05) is 12.1 Å². The molecule has 1 aromatic carbocycles. The van der Waals surface area contributed by atoms with E-state index in [-0.39, 0.29) is 17.2 Å². The molecule has 1 aliphatic heterocycles. The highest BCUT2D eigenvalue weighted by Crippen LogP contribution is 2.59. The van der Waals surface area contributed by atoms with Gasteiger partial charge in [-0.05, 0) is 80.4 Å². The van der Waals surface area contributed by atoms with Crippen molar-refractivity contribution in [2.45, 2.75) is 38.6 Å². The first-order valence-corrected chi connectivity index (χ1v) is 11.0. The van der Waals surface area contributed by atoms with Gasteiger partial charge < -0.3 is 10.3 Å². The molecule has 1 amide bonds. The van der Waals surface area contributed by atoms with E-state index in [1.165, 1.54) is 5.56 Å². The molecule has 5 rings (SSSR count). The van der Waals surface area contributed by atoms with Gasteiger partial charge in [-0.3, -0.25) is 14.7 Å². The van der Waals surface area contributed by atoms with Crippen molar-refractivity contribution in [3.63, 3.8) is 0 Å². The van der Waals surface area contributed by atoms with Gasteiger partial charge >= 0.3 is 0 Å². The molecule has 1 atom stereocenters. The van der Waals surface area contributed by atoms with Crippen molar-refractivity contribution < 1.29 is 4.79 Å². The van der Waals surface area contributed by atoms with Crippen LogP contribution in [0.2, 0.25) is 0 Å². The number of rotatable bonds is 7. The zero-order valence-corrected chi connectivity index (χ0v) is 17.3. The third kappa shape index (κ3) is 4.10. The largest absolute Gasteiger partial charge is 0.356 e. The number of amides is 1. The average Bonchev–Trinajstić information content (AvgIpc) is 3.32. The van der Waals surface area contributed by atoms with Crippen molar-refractivity contribution in [1.82, 2.24) is 25.2 Å². The summed E-state index contributed by atoms with van der Waals surface area (Å²) in [6, 6.07) is 12.3. The number of nitrogens with one attached hydrogen (secondary N) is 2. The number of carbonyl (C=O) groups is 1. The molecule has 6 heteroatoms. The molecule has 2 aromatic heterocycles. The average molecular weight is 404 g/mol. The Kier molecular flexibility index (Phi) is 5.25. The number of para-hydroxylation sites is 2. The lowest BCUT2D eigenvalue weighted by atomic mass is 9.90. The molecule has 3 heterocycles. The fraction of sp³-hybridized carbons (Fsp3) is 0.458. The number of nitrogens with zero attached hydrogens (tertiary/aromatic N) is 3. The summed E-state index contributed by atoms with van der Waals surface area (Å²) in [6.07, 6.45) is 8.88. The summed E-state index contributed by atoms with van der Waals surface area (Å²) in [5.41, 5.74) is 3.66. The van der Waals surface area contributed by atoms with E-state index in [9.17, 15) is 4.79 Å². The zero-order chi connectivity index (χ0) is 20.4. The third-order valence-corrected chi connectivity index (χ3v) is 6.86. The number of H-pyrrole nitrogens is 1. The lowest BCUT2D eigenvalue weighted by Gasteiger charge is -2.32. The van der Waals surface area contributed by atoms with Crippen LogP contribution >= 0.6 is 0 Å². The van der Waals surface area contributed by atoms with Gasteiger partial charge in [0.1, 0.15) is 5.82 Å². The highest BCUT2D eigenvalue weighted by molar-refractivity contribution is 5.82. The van der Waals surface area contributed by atoms with E-state index in [1.54, 1.807) is 0 Å². The van der Waals surface area contributed by atoms with Crippen molar-refractivity contribution in [2.24, 2.45) is 11.3 Å². The Morgan fingerprint density at radius 2 is 1.97 bits per heavy atom. The Bertz CT molecular complexity index is 974. The number of imidazole rings is 1. The van der Waals surface area contributed by atoms with Crippen LogP contribution in [0.5, 0.6) is 0 Å². The number of carbonyl (C=O) groups excluding carboxylic acids is 1. The fourth-order valence-electron chi connectivity index (χ4n) is 4.90. The second-order valence-electron chi connectivity index (χ2n) is 8.85. The number of hydrogen-bond donors (Lipinski definition) is 2. The maximum Gasteiger partial charge on any atom is 0.223 e. The van der Waals surface area contributed by atoms with Gasteiger partial charge in [0.15, 0.2) is 0 Å². The molecule has 1 spiro atoms. The standard InChI is InChI=1S/C24H29N5O/c30-23(26-11-3-4-18-7-12-25-13-8-18)19-16-24(19)9-14-29(15-10-24)17-22-27-20-5-1-2-6-21(20)28-22/h1-2,5-8,12-13,19H,3-4,9-11,14-17H2,(H,26,30)(H,27,28)/t19-/m1/s1. The van der Waals surface area contributed by atoms with Gasteiger partial charge in [0, 0.05) is 24.9 Å². The number of benzene rings is 1. The van der Waals surface area contributed by atoms with Crippen LogP contribution in [0.1, 0.15) is 37.1 Å². The number of piperidine rings is 1. The summed E-state index contributed by atoms with van der Waals surface area (Å²) in [6.45, 7) is 3.70. The van der Waals surface area contributed by atoms with E-state index >= 15 is 0 Å². The maximum absolute atomic E-state index is 12.6. The first kappa shape index (κ1) is 19.2. The first-order valence-electron chi connectivity index (χ1n) is 11.0. The molecule has 2 N–H and O–H groups in total. The molecule has 1 saturated carbocycles. The van der Waals surface area contributed by atoms with Crippen LogP contribution in [0.25, 0.3) is 11.0 Å². The summed E-state index contributed by atoms with van der Waals surface area (Å²) < 4.78 is 0. The second kappa shape index (κ2) is 8.19. The Balaban J connectivity index is 1.05. The highest BCUT2D eigenvalue weighted by atomic mass is 16.2. The molecule has 1 aliphatic carbocycles. The number of hydrogen-bond acceptors (Lipinski definition) is 4. The molecule has 0 unspecified atom stereocenters. The van der Waals surface area contributed by atoms with Crippen LogP contribution in [-0.4, -0.2) is 45.4 Å². The first-order chi connectivity index (χ1) is 14.7. The molecule has 156 valence electrons. The molecule has 30 heavy (non-hydrogen) atoms. The van der Waals surface area contributed by atoms with Crippen molar-refractivity contribution in [1.29, 1.82) is 0 Å². The lowest BCUT2D eigenvalue weighted by molar-refractivity contribution is -0.123. The van der Waals surface area contributed by atoms with Gasteiger partial charge in [0.2, 0.25) is 5.91 Å². The monoisotopic (exact) mass is 403 g/mol. The summed E-state index contributed by atoms with van der Waals surface area (Å²) >= 11 is 0. The Hall–Kier alpha value is -2.73. The minimum atomic E-state index is 0.215. The van der Waals surface area contributed by atoms with Gasteiger partial charge in [-0.15, -0.1) is 0 Å². The molecule has 0 bridgehead atoms. The third-order valence-electron chi connectivity index (χ3n) is 6.86. The molecule has 3 aromatic rings. The van der Waals surface area contributed by atoms with E-state index in [0.29, 0.717) is 0 Å². The van der Waals surface area contributed by atoms with Crippen LogP contribution in [0, 0.1) is 11.3 Å². The van der Waals surface area contributed by atoms with Gasteiger partial charge in [0.05, 0.1) is 17.6 Å². The van der Waals surface area contributed by atoms with Crippen LogP contribution in [0.3, 0.4) is 0 Å². The normalized spacial score (nSPS) is 20.5. The quantitative estimate of drug-likeness (QED) is 0.594. The van der Waals surface area contributed by atoms with E-state index < -0.39 is 0 Å². The minimum absolute atomic E-state index is 0.215. The number of pyridine rings is 1. The van der Waals surface area contributed by atoms with Crippen LogP contribution in [0.4, 0.5) is 0 Å². The molecule has 2 aliphatic rings. The number of likely N-dealkylation sites (tertiary alicyclic amines) is 1. The summed E-state index contributed by atoms with van der Waals surface area (Å²) in [4.78, 5) is 27.2. The van der Waals surface area contributed by atoms with E-state index in [0.717, 1.165) is 75.1 Å². The van der Waals surface area contributed by atoms with Gasteiger partial charge in [-0.2, -0.15) is 0 Å². The number of aryl methyl sites for hydroxylation is 1. The number of aromatic amines is 1. The SMILES string of the molecule is O=C(NCCCc1ccncc1)[C@H]1CC12CCN(Cc1nc3ccccc3[nH]1)CC2. The van der Waals surface area contributed by atoms with Crippen molar-refractivity contribution in [3.8, 4) is 0 Å². The number of aromatic nitrogens is 3. The molecular formula is C24H29N5O. The van der Waals surface area contributed by atoms with Crippen LogP contribution < -0.4 is 5.32 Å². The molecule has 6 nitrogen and oxygen atoms in total. The van der Waals surface area contributed by atoms with E-state index in [2.05, 4.69) is 26.3 Å². The van der Waals surface area contributed by atoms with Crippen molar-refractivity contribution >= 4 is 16.9 Å². The van der Waals surface area contributed by atoms with Crippen LogP contribution in [0.15, 0.2) is 48.8 Å². The molecule has 0 radical (unpaired) electrons. The Morgan fingerprint density at radius 3 is 2.77 bits per heavy atom. The zero-order valence-electron chi connectivity index (χ0n) is 17.3. The molecular weight excluding hydrogens is 374 g/mol. The van der Waals surface area contributed by atoms with Gasteiger partial charge in [0.25, 0.3) is 0 Å². The van der Waals surface area contributed by atoms with E-state index in [1.807, 2.05) is 42.7 Å². The highest BCUT2D eigenvalue weighted by Gasteiger charge is 2.58. The molecule has 1 saturated heterocycles. The van der Waals surface area contributed by atoms with E-state index in [4.69, 9.17) is 4.98 Å². The van der Waals surface area contributed by atoms with Crippen molar-refractivity contribution in [2.75, 3.05) is 19.6 Å². The fourth-order valence-corrected chi connectivity index (χ4v) is 4.90. The second-order valence-corrected chi connectivity index (χ2v) is 8.85. The van der Waals surface area contributed by atoms with Crippen molar-refractivity contribution in [3.05, 3.63) is 60.2 Å². The number of fused-ring (bicyclic) bond motifs is 1. The predicted molar refractivity (Wildman–Crippen MR) is 117 cm³/mol. The summed E-state index contributed by atoms with van der Waals surface area (Å²) in [5, 5.41) is 3.17. The summed E-state index contributed by atoms with van der Waals surface area (Å²) in [7, 11) is 0. The lowest BCUT2D eigenvalue weighted by Crippen LogP contribution is -2.37. The summed E-state index contributed by atoms with van der Waals surface area (Å²) in [5.74, 6) is 1.51.